The number of carbonyl (C=O) groups excluding carboxylic acids is 2. The Hall–Kier alpha value is -1.93. The molecule has 2 atom stereocenters. The second kappa shape index (κ2) is 9.52. The molecule has 1 aromatic rings. The average Bonchev–Trinajstić information content (AvgIpc) is 2.66. The molecule has 0 bridgehead atoms. The van der Waals surface area contributed by atoms with E-state index in [9.17, 15) is 18.0 Å². The molecule has 2 rings (SSSR count). The summed E-state index contributed by atoms with van der Waals surface area (Å²) in [6.07, 6.45) is 2.96. The summed E-state index contributed by atoms with van der Waals surface area (Å²) in [6.45, 7) is 7.84. The summed E-state index contributed by atoms with van der Waals surface area (Å²) in [4.78, 5) is 26.7. The molecule has 1 saturated heterocycles. The van der Waals surface area contributed by atoms with Crippen molar-refractivity contribution in [2.24, 2.45) is 0 Å². The minimum absolute atomic E-state index is 0.0373. The maximum Gasteiger partial charge on any atom is 0.338 e. The Labute approximate surface area is 167 Å². The van der Waals surface area contributed by atoms with E-state index >= 15 is 0 Å². The van der Waals surface area contributed by atoms with E-state index in [4.69, 9.17) is 4.74 Å². The van der Waals surface area contributed by atoms with Gasteiger partial charge in [-0.2, -0.15) is 4.31 Å². The molecular formula is C20H30N2O5S. The lowest BCUT2D eigenvalue weighted by Gasteiger charge is -2.38. The van der Waals surface area contributed by atoms with Gasteiger partial charge < -0.3 is 9.64 Å². The van der Waals surface area contributed by atoms with Crippen LogP contribution in [0.4, 0.5) is 0 Å². The zero-order chi connectivity index (χ0) is 20.9. The number of sulfonamides is 1. The Morgan fingerprint density at radius 2 is 1.75 bits per heavy atom. The van der Waals surface area contributed by atoms with Crippen molar-refractivity contribution < 1.29 is 22.7 Å². The van der Waals surface area contributed by atoms with Crippen LogP contribution >= 0.6 is 0 Å². The Balaban J connectivity index is 2.08. The lowest BCUT2D eigenvalue weighted by Crippen LogP contribution is -2.49. The first-order chi connectivity index (χ1) is 13.2. The van der Waals surface area contributed by atoms with E-state index in [-0.39, 0.29) is 35.1 Å². The molecule has 1 aromatic carbocycles. The van der Waals surface area contributed by atoms with Gasteiger partial charge in [-0.05, 0) is 51.3 Å². The smallest absolute Gasteiger partial charge is 0.338 e. The minimum Gasteiger partial charge on any atom is -0.452 e. The summed E-state index contributed by atoms with van der Waals surface area (Å²) >= 11 is 0. The lowest BCUT2D eigenvalue weighted by molar-refractivity contribution is -0.140. The molecule has 0 N–H and O–H groups in total. The van der Waals surface area contributed by atoms with Crippen molar-refractivity contribution in [3.05, 3.63) is 29.8 Å². The summed E-state index contributed by atoms with van der Waals surface area (Å²) in [5, 5.41) is 0. The van der Waals surface area contributed by atoms with E-state index in [1.165, 1.54) is 28.6 Å². The third kappa shape index (κ3) is 4.91. The molecule has 7 nitrogen and oxygen atoms in total. The van der Waals surface area contributed by atoms with E-state index in [0.29, 0.717) is 13.1 Å². The largest absolute Gasteiger partial charge is 0.452 e. The second-order valence-corrected chi connectivity index (χ2v) is 9.06. The standard InChI is InChI=1S/C20H30N2O5S/c1-5-21(6-2)28(25,26)18-12-8-11-17(13-18)20(24)27-14-19(23)22-15(3)9-7-10-16(22)4/h8,11-13,15-16H,5-7,9-10,14H2,1-4H3/t15-,16-/m1/s1. The zero-order valence-electron chi connectivity index (χ0n) is 17.1. The summed E-state index contributed by atoms with van der Waals surface area (Å²) in [6, 6.07) is 5.98. The molecule has 1 heterocycles. The van der Waals surface area contributed by atoms with Gasteiger partial charge in [0.1, 0.15) is 0 Å². The van der Waals surface area contributed by atoms with Crippen LogP contribution in [0.3, 0.4) is 0 Å². The second-order valence-electron chi connectivity index (χ2n) is 7.12. The fourth-order valence-electron chi connectivity index (χ4n) is 3.69. The van der Waals surface area contributed by atoms with Crippen molar-refractivity contribution in [1.82, 2.24) is 9.21 Å². The van der Waals surface area contributed by atoms with Crippen LogP contribution in [0, 0.1) is 0 Å². The number of hydrogen-bond acceptors (Lipinski definition) is 5. The lowest BCUT2D eigenvalue weighted by atomic mass is 9.97. The molecule has 28 heavy (non-hydrogen) atoms. The van der Waals surface area contributed by atoms with Crippen LogP contribution in [0.1, 0.15) is 57.3 Å². The molecule has 0 spiro atoms. The van der Waals surface area contributed by atoms with Crippen molar-refractivity contribution in [3.8, 4) is 0 Å². The Bertz CT molecular complexity index is 795. The van der Waals surface area contributed by atoms with Gasteiger partial charge in [0.25, 0.3) is 5.91 Å². The molecule has 8 heteroatoms. The maximum absolute atomic E-state index is 12.6. The molecule has 1 aliphatic rings. The molecule has 0 unspecified atom stereocenters. The highest BCUT2D eigenvalue weighted by molar-refractivity contribution is 7.89. The highest BCUT2D eigenvalue weighted by Crippen LogP contribution is 2.23. The Kier molecular flexibility index (Phi) is 7.60. The number of hydrogen-bond donors (Lipinski definition) is 0. The van der Waals surface area contributed by atoms with Gasteiger partial charge in [0.2, 0.25) is 10.0 Å². The number of ether oxygens (including phenoxy) is 1. The number of piperidine rings is 1. The Morgan fingerprint density at radius 1 is 1.14 bits per heavy atom. The molecule has 0 aliphatic carbocycles. The molecule has 0 aromatic heterocycles. The highest BCUT2D eigenvalue weighted by Gasteiger charge is 2.29. The van der Waals surface area contributed by atoms with Gasteiger partial charge in [0, 0.05) is 25.2 Å². The fraction of sp³-hybridized carbons (Fsp3) is 0.600. The highest BCUT2D eigenvalue weighted by atomic mass is 32.2. The summed E-state index contributed by atoms with van der Waals surface area (Å²) in [5.74, 6) is -0.928. The number of benzene rings is 1. The average molecular weight is 411 g/mol. The quantitative estimate of drug-likeness (QED) is 0.645. The molecular weight excluding hydrogens is 380 g/mol. The summed E-state index contributed by atoms with van der Waals surface area (Å²) in [7, 11) is -3.67. The van der Waals surface area contributed by atoms with Crippen molar-refractivity contribution in [1.29, 1.82) is 0 Å². The van der Waals surface area contributed by atoms with Gasteiger partial charge in [0.05, 0.1) is 10.5 Å². The predicted octanol–water partition coefficient (Wildman–Crippen LogP) is 2.66. The van der Waals surface area contributed by atoms with Gasteiger partial charge in [-0.25, -0.2) is 13.2 Å². The normalized spacial score (nSPS) is 20.2. The van der Waals surface area contributed by atoms with Crippen LogP contribution in [-0.2, 0) is 19.6 Å². The van der Waals surface area contributed by atoms with E-state index < -0.39 is 16.0 Å². The third-order valence-corrected chi connectivity index (χ3v) is 7.27. The van der Waals surface area contributed by atoms with E-state index in [2.05, 4.69) is 0 Å². The number of rotatable bonds is 7. The molecule has 1 amide bonds. The number of esters is 1. The van der Waals surface area contributed by atoms with Crippen molar-refractivity contribution in [2.45, 2.75) is 63.9 Å². The van der Waals surface area contributed by atoms with Gasteiger partial charge in [0.15, 0.2) is 6.61 Å². The van der Waals surface area contributed by atoms with Gasteiger partial charge >= 0.3 is 5.97 Å². The molecule has 156 valence electrons. The SMILES string of the molecule is CCN(CC)S(=O)(=O)c1cccc(C(=O)OCC(=O)N2[C@H](C)CCC[C@H]2C)c1. The first-order valence-electron chi connectivity index (χ1n) is 9.80. The minimum atomic E-state index is -3.67. The summed E-state index contributed by atoms with van der Waals surface area (Å²) in [5.41, 5.74) is 0.112. The van der Waals surface area contributed by atoms with Crippen molar-refractivity contribution in [2.75, 3.05) is 19.7 Å². The van der Waals surface area contributed by atoms with Gasteiger partial charge in [-0.15, -0.1) is 0 Å². The monoisotopic (exact) mass is 410 g/mol. The van der Waals surface area contributed by atoms with Crippen molar-refractivity contribution >= 4 is 21.9 Å². The number of nitrogens with zero attached hydrogens (tertiary/aromatic N) is 2. The third-order valence-electron chi connectivity index (χ3n) is 5.22. The van der Waals surface area contributed by atoms with Crippen LogP contribution < -0.4 is 0 Å². The fourth-order valence-corrected chi connectivity index (χ4v) is 5.20. The van der Waals surface area contributed by atoms with Crippen LogP contribution in [0.2, 0.25) is 0 Å². The van der Waals surface area contributed by atoms with Gasteiger partial charge in [-0.3, -0.25) is 4.79 Å². The van der Waals surface area contributed by atoms with E-state index in [1.54, 1.807) is 18.7 Å². The van der Waals surface area contributed by atoms with Crippen LogP contribution in [-0.4, -0.2) is 61.3 Å². The number of likely N-dealkylation sites (tertiary alicyclic amines) is 1. The Morgan fingerprint density at radius 3 is 2.32 bits per heavy atom. The number of carbonyl (C=O) groups is 2. The zero-order valence-corrected chi connectivity index (χ0v) is 17.9. The first-order valence-corrected chi connectivity index (χ1v) is 11.2. The molecule has 0 saturated carbocycles. The molecule has 1 fully saturated rings. The molecule has 0 radical (unpaired) electrons. The maximum atomic E-state index is 12.6. The molecule has 1 aliphatic heterocycles. The first kappa shape index (κ1) is 22.4. The van der Waals surface area contributed by atoms with Crippen LogP contribution in [0.25, 0.3) is 0 Å². The van der Waals surface area contributed by atoms with Gasteiger partial charge in [-0.1, -0.05) is 19.9 Å². The van der Waals surface area contributed by atoms with Crippen LogP contribution in [0.5, 0.6) is 0 Å². The van der Waals surface area contributed by atoms with E-state index in [0.717, 1.165) is 19.3 Å². The summed E-state index contributed by atoms with van der Waals surface area (Å²) < 4.78 is 31.8. The predicted molar refractivity (Wildman–Crippen MR) is 106 cm³/mol. The number of amides is 1. The topological polar surface area (TPSA) is 84.0 Å². The van der Waals surface area contributed by atoms with Crippen molar-refractivity contribution in [3.63, 3.8) is 0 Å². The van der Waals surface area contributed by atoms with E-state index in [1.807, 2.05) is 13.8 Å². The van der Waals surface area contributed by atoms with Crippen LogP contribution in [0.15, 0.2) is 29.2 Å².